The third kappa shape index (κ3) is 4.29. The molecule has 0 amide bonds. The maximum absolute atomic E-state index is 2.46. The first-order chi connectivity index (χ1) is 16.1. The summed E-state index contributed by atoms with van der Waals surface area (Å²) in [6.45, 7) is 18.5. The molecular weight excluding hydrogens is 410 g/mol. The van der Waals surface area contributed by atoms with Crippen LogP contribution in [0.15, 0.2) is 60.7 Å². The topological polar surface area (TPSA) is 3.88 Å². The fourth-order valence-electron chi connectivity index (χ4n) is 5.17. The van der Waals surface area contributed by atoms with Gasteiger partial charge in [-0.15, -0.1) is 0 Å². The number of pyridine rings is 1. The normalized spacial score (nSPS) is 11.9. The van der Waals surface area contributed by atoms with Crippen molar-refractivity contribution < 1.29 is 4.57 Å². The van der Waals surface area contributed by atoms with E-state index >= 15 is 0 Å². The second-order valence-electron chi connectivity index (χ2n) is 10.8. The third-order valence-corrected chi connectivity index (χ3v) is 7.44. The van der Waals surface area contributed by atoms with Gasteiger partial charge in [-0.1, -0.05) is 71.9 Å². The highest BCUT2D eigenvalue weighted by atomic mass is 14.9. The molecule has 0 fully saturated rings. The molecule has 1 heteroatoms. The summed E-state index contributed by atoms with van der Waals surface area (Å²) in [5.41, 5.74) is 13.7. The highest BCUT2D eigenvalue weighted by molar-refractivity contribution is 5.82. The van der Waals surface area contributed by atoms with E-state index < -0.39 is 0 Å². The Kier molecular flexibility index (Phi) is 6.67. The Morgan fingerprint density at radius 1 is 0.676 bits per heavy atom. The smallest absolute Gasteiger partial charge is 0.194 e. The van der Waals surface area contributed by atoms with Crippen molar-refractivity contribution in [3.63, 3.8) is 0 Å². The second-order valence-corrected chi connectivity index (χ2v) is 10.8. The van der Waals surface area contributed by atoms with Crippen molar-refractivity contribution in [3.05, 3.63) is 88.5 Å². The van der Waals surface area contributed by atoms with Crippen LogP contribution in [0.4, 0.5) is 0 Å². The highest BCUT2D eigenvalue weighted by Crippen LogP contribution is 2.41. The molecule has 0 aliphatic carbocycles. The van der Waals surface area contributed by atoms with Crippen molar-refractivity contribution in [2.24, 2.45) is 7.05 Å². The maximum Gasteiger partial charge on any atom is 0.213 e. The average Bonchev–Trinajstić information content (AvgIpc) is 2.80. The minimum atomic E-state index is 0.466. The number of fused-ring (bicyclic) bond motifs is 1. The summed E-state index contributed by atoms with van der Waals surface area (Å²) < 4.78 is 2.34. The third-order valence-electron chi connectivity index (χ3n) is 7.44. The zero-order valence-corrected chi connectivity index (χ0v) is 22.5. The van der Waals surface area contributed by atoms with Gasteiger partial charge in [0.1, 0.15) is 7.05 Å². The summed E-state index contributed by atoms with van der Waals surface area (Å²) in [7, 11) is 2.19. The van der Waals surface area contributed by atoms with Gasteiger partial charge in [0.2, 0.25) is 11.2 Å². The number of para-hydroxylation sites is 1. The fraction of sp³-hybridized carbons (Fsp3) is 0.364. The van der Waals surface area contributed by atoms with Gasteiger partial charge in [0.25, 0.3) is 0 Å². The van der Waals surface area contributed by atoms with Crippen LogP contribution in [-0.2, 0) is 7.05 Å². The van der Waals surface area contributed by atoms with E-state index in [9.17, 15) is 0 Å². The molecule has 0 saturated carbocycles. The number of rotatable bonds is 5. The van der Waals surface area contributed by atoms with Crippen molar-refractivity contribution in [2.45, 2.75) is 73.1 Å². The summed E-state index contributed by atoms with van der Waals surface area (Å²) >= 11 is 0. The molecule has 0 aliphatic rings. The van der Waals surface area contributed by atoms with Crippen LogP contribution in [0, 0.1) is 13.8 Å². The second kappa shape index (κ2) is 9.37. The first-order valence-electron chi connectivity index (χ1n) is 12.8. The summed E-state index contributed by atoms with van der Waals surface area (Å²) in [6, 6.07) is 22.9. The molecule has 1 heterocycles. The Balaban J connectivity index is 2.03. The van der Waals surface area contributed by atoms with Gasteiger partial charge in [0, 0.05) is 23.1 Å². The zero-order chi connectivity index (χ0) is 24.7. The summed E-state index contributed by atoms with van der Waals surface area (Å²) in [6.07, 6.45) is 0. The van der Waals surface area contributed by atoms with Crippen molar-refractivity contribution in [1.29, 1.82) is 0 Å². The minimum Gasteiger partial charge on any atom is -0.194 e. The van der Waals surface area contributed by atoms with Crippen LogP contribution >= 0.6 is 0 Å². The molecule has 4 rings (SSSR count). The van der Waals surface area contributed by atoms with Crippen molar-refractivity contribution in [2.75, 3.05) is 0 Å². The summed E-state index contributed by atoms with van der Waals surface area (Å²) in [5.74, 6) is 1.46. The lowest BCUT2D eigenvalue weighted by Crippen LogP contribution is -2.32. The summed E-state index contributed by atoms with van der Waals surface area (Å²) in [5, 5.41) is 1.27. The Labute approximate surface area is 206 Å². The molecule has 0 saturated heterocycles. The molecule has 4 aromatic rings. The lowest BCUT2D eigenvalue weighted by atomic mass is 9.80. The number of nitrogens with zero attached hydrogens (tertiary/aromatic N) is 1. The number of hydrogen-bond acceptors (Lipinski definition) is 0. The first-order valence-corrected chi connectivity index (χ1v) is 12.8. The molecule has 0 radical (unpaired) electrons. The molecule has 34 heavy (non-hydrogen) atoms. The van der Waals surface area contributed by atoms with Gasteiger partial charge in [-0.05, 0) is 88.7 Å². The Morgan fingerprint density at radius 2 is 1.29 bits per heavy atom. The van der Waals surface area contributed by atoms with Crippen LogP contribution in [0.2, 0.25) is 0 Å². The molecule has 0 unspecified atom stereocenters. The Bertz CT molecular complexity index is 1330. The van der Waals surface area contributed by atoms with Crippen LogP contribution < -0.4 is 4.57 Å². The van der Waals surface area contributed by atoms with E-state index in [1.54, 1.807) is 0 Å². The highest BCUT2D eigenvalue weighted by Gasteiger charge is 2.22. The molecule has 1 nitrogen and oxygen atoms in total. The number of benzene rings is 3. The van der Waals surface area contributed by atoms with Gasteiger partial charge in [-0.3, -0.25) is 0 Å². The minimum absolute atomic E-state index is 0.466. The van der Waals surface area contributed by atoms with Gasteiger partial charge in [0.15, 0.2) is 0 Å². The molecular formula is C33H40N+. The van der Waals surface area contributed by atoms with Crippen LogP contribution in [0.5, 0.6) is 0 Å². The summed E-state index contributed by atoms with van der Waals surface area (Å²) in [4.78, 5) is 0. The van der Waals surface area contributed by atoms with Crippen molar-refractivity contribution in [3.8, 4) is 22.4 Å². The van der Waals surface area contributed by atoms with Gasteiger partial charge in [-0.25, -0.2) is 0 Å². The van der Waals surface area contributed by atoms with Crippen LogP contribution in [0.25, 0.3) is 33.3 Å². The van der Waals surface area contributed by atoms with Crippen molar-refractivity contribution >= 4 is 10.9 Å². The SMILES string of the molecule is Cc1cc(-c2c(C(C)C)cc(C(C)C)cc2C(C)C)cc(-c2ccc3ccccc3[n+]2C)c1C. The number of aryl methyl sites for hydroxylation is 2. The van der Waals surface area contributed by atoms with Gasteiger partial charge >= 0.3 is 0 Å². The molecule has 0 bridgehead atoms. The Morgan fingerprint density at radius 3 is 1.88 bits per heavy atom. The van der Waals surface area contributed by atoms with E-state index in [1.807, 2.05) is 0 Å². The van der Waals surface area contributed by atoms with Gasteiger partial charge < -0.3 is 0 Å². The van der Waals surface area contributed by atoms with E-state index in [0.717, 1.165) is 0 Å². The Hall–Kier alpha value is -2.93. The molecule has 0 N–H and O–H groups in total. The molecule has 176 valence electrons. The quantitative estimate of drug-likeness (QED) is 0.267. The molecule has 0 aliphatic heterocycles. The standard InChI is InChI=1S/C33H40N/c1-20(2)26-17-28(21(3)4)33(29(18-26)22(5)6)27-16-23(7)24(8)30(19-27)32-15-14-25-12-10-11-13-31(25)34(32)9/h10-22H,1-9H3/q+1. The molecule has 0 spiro atoms. The van der Waals surface area contributed by atoms with Gasteiger partial charge in [0.05, 0.1) is 0 Å². The van der Waals surface area contributed by atoms with E-state index in [0.29, 0.717) is 17.8 Å². The number of hydrogen-bond donors (Lipinski definition) is 0. The lowest BCUT2D eigenvalue weighted by Gasteiger charge is -2.24. The van der Waals surface area contributed by atoms with E-state index in [1.165, 1.54) is 61.1 Å². The van der Waals surface area contributed by atoms with Gasteiger partial charge in [-0.2, -0.15) is 4.57 Å². The predicted octanol–water partition coefficient (Wildman–Crippen LogP) is 8.99. The largest absolute Gasteiger partial charge is 0.213 e. The fourth-order valence-corrected chi connectivity index (χ4v) is 5.17. The molecule has 3 aromatic carbocycles. The number of aromatic nitrogens is 1. The van der Waals surface area contributed by atoms with E-state index in [2.05, 4.69) is 128 Å². The van der Waals surface area contributed by atoms with Crippen LogP contribution in [-0.4, -0.2) is 0 Å². The van der Waals surface area contributed by atoms with Crippen LogP contribution in [0.1, 0.15) is 87.1 Å². The maximum atomic E-state index is 2.46. The van der Waals surface area contributed by atoms with E-state index in [4.69, 9.17) is 0 Å². The predicted molar refractivity (Wildman–Crippen MR) is 148 cm³/mol. The van der Waals surface area contributed by atoms with Crippen molar-refractivity contribution in [1.82, 2.24) is 0 Å². The molecule has 0 atom stereocenters. The lowest BCUT2D eigenvalue weighted by molar-refractivity contribution is -0.633. The van der Waals surface area contributed by atoms with Crippen LogP contribution in [0.3, 0.4) is 0 Å². The van der Waals surface area contributed by atoms with E-state index in [-0.39, 0.29) is 0 Å². The monoisotopic (exact) mass is 450 g/mol. The first kappa shape index (κ1) is 24.2. The zero-order valence-electron chi connectivity index (χ0n) is 22.5. The average molecular weight is 451 g/mol. The molecule has 1 aromatic heterocycles.